The van der Waals surface area contributed by atoms with Crippen LogP contribution in [0, 0.1) is 6.92 Å². The van der Waals surface area contributed by atoms with Crippen molar-refractivity contribution in [3.63, 3.8) is 0 Å². The van der Waals surface area contributed by atoms with Gasteiger partial charge in [0.15, 0.2) is 0 Å². The van der Waals surface area contributed by atoms with Crippen LogP contribution in [0.25, 0.3) is 0 Å². The third-order valence-electron chi connectivity index (χ3n) is 2.82. The third-order valence-corrected chi connectivity index (χ3v) is 3.88. The highest BCUT2D eigenvalue weighted by Crippen LogP contribution is 2.29. The van der Waals surface area contributed by atoms with Crippen molar-refractivity contribution in [2.75, 3.05) is 5.32 Å². The molecule has 1 saturated heterocycles. The summed E-state index contributed by atoms with van der Waals surface area (Å²) in [5.41, 5.74) is 1.53. The van der Waals surface area contributed by atoms with Crippen molar-refractivity contribution in [1.29, 1.82) is 0 Å². The summed E-state index contributed by atoms with van der Waals surface area (Å²) in [5, 5.41) is 5.96. The number of nitrogens with one attached hydrogen (secondary N) is 2. The van der Waals surface area contributed by atoms with Gasteiger partial charge in [-0.1, -0.05) is 11.6 Å². The molecule has 6 heteroatoms. The van der Waals surface area contributed by atoms with E-state index in [0.717, 1.165) is 10.0 Å². The lowest BCUT2D eigenvalue weighted by Gasteiger charge is -2.13. The Kier molecular flexibility index (Phi) is 3.92. The maximum Gasteiger partial charge on any atom is 0.246 e. The van der Waals surface area contributed by atoms with Crippen LogP contribution in [0.3, 0.4) is 0 Å². The second-order valence-electron chi connectivity index (χ2n) is 4.23. The van der Waals surface area contributed by atoms with Gasteiger partial charge in [0.25, 0.3) is 0 Å². The predicted octanol–water partition coefficient (Wildman–Crippen LogP) is 2.63. The molecule has 1 aliphatic heterocycles. The topological polar surface area (TPSA) is 58.2 Å². The fourth-order valence-corrected chi connectivity index (χ4v) is 2.49. The SMILES string of the molecule is Cc1cc(Br)c(NC(=O)C2CCC(=O)N2)cc1Cl. The van der Waals surface area contributed by atoms with Crippen LogP contribution in [0.15, 0.2) is 16.6 Å². The third kappa shape index (κ3) is 2.84. The number of amides is 2. The minimum absolute atomic E-state index is 0.0869. The largest absolute Gasteiger partial charge is 0.344 e. The number of rotatable bonds is 2. The molecule has 18 heavy (non-hydrogen) atoms. The molecule has 2 N–H and O–H groups in total. The molecule has 1 heterocycles. The van der Waals surface area contributed by atoms with Crippen molar-refractivity contribution in [2.45, 2.75) is 25.8 Å². The second kappa shape index (κ2) is 5.28. The zero-order valence-corrected chi connectivity index (χ0v) is 12.1. The lowest BCUT2D eigenvalue weighted by Crippen LogP contribution is -2.37. The Morgan fingerprint density at radius 3 is 2.89 bits per heavy atom. The summed E-state index contributed by atoms with van der Waals surface area (Å²) in [5.74, 6) is -0.308. The number of aryl methyl sites for hydroxylation is 1. The van der Waals surface area contributed by atoms with E-state index in [4.69, 9.17) is 11.6 Å². The molecule has 0 bridgehead atoms. The van der Waals surface area contributed by atoms with Crippen LogP contribution >= 0.6 is 27.5 Å². The van der Waals surface area contributed by atoms with Crippen molar-refractivity contribution < 1.29 is 9.59 Å². The molecule has 1 unspecified atom stereocenters. The van der Waals surface area contributed by atoms with E-state index >= 15 is 0 Å². The van der Waals surface area contributed by atoms with Crippen molar-refractivity contribution >= 4 is 45.0 Å². The Bertz CT molecular complexity index is 519. The smallest absolute Gasteiger partial charge is 0.246 e. The highest BCUT2D eigenvalue weighted by atomic mass is 79.9. The van der Waals surface area contributed by atoms with Crippen molar-refractivity contribution in [3.05, 3.63) is 27.2 Å². The molecule has 1 aliphatic rings. The van der Waals surface area contributed by atoms with Crippen LogP contribution in [-0.4, -0.2) is 17.9 Å². The molecular formula is C12H12BrClN2O2. The van der Waals surface area contributed by atoms with Gasteiger partial charge < -0.3 is 10.6 Å². The lowest BCUT2D eigenvalue weighted by atomic mass is 10.2. The van der Waals surface area contributed by atoms with Gasteiger partial charge >= 0.3 is 0 Å². The zero-order valence-electron chi connectivity index (χ0n) is 9.72. The van der Waals surface area contributed by atoms with E-state index in [1.807, 2.05) is 13.0 Å². The molecule has 1 atom stereocenters. The molecule has 4 nitrogen and oxygen atoms in total. The summed E-state index contributed by atoms with van der Waals surface area (Å²) in [6.07, 6.45) is 0.926. The number of benzene rings is 1. The van der Waals surface area contributed by atoms with Crippen molar-refractivity contribution in [2.24, 2.45) is 0 Å². The summed E-state index contributed by atoms with van der Waals surface area (Å²) in [4.78, 5) is 23.0. The Balaban J connectivity index is 2.12. The van der Waals surface area contributed by atoms with Crippen molar-refractivity contribution in [3.8, 4) is 0 Å². The normalized spacial score (nSPS) is 18.6. The quantitative estimate of drug-likeness (QED) is 0.875. The van der Waals surface area contributed by atoms with E-state index in [0.29, 0.717) is 23.6 Å². The molecule has 0 aromatic heterocycles. The molecule has 0 spiro atoms. The summed E-state index contributed by atoms with van der Waals surface area (Å²) < 4.78 is 0.766. The fraction of sp³-hybridized carbons (Fsp3) is 0.333. The number of anilines is 1. The predicted molar refractivity (Wildman–Crippen MR) is 73.7 cm³/mol. The number of hydrogen-bond acceptors (Lipinski definition) is 2. The Hall–Kier alpha value is -1.07. The van der Waals surface area contributed by atoms with Gasteiger partial charge in [0.05, 0.1) is 5.69 Å². The van der Waals surface area contributed by atoms with Gasteiger partial charge in [0, 0.05) is 15.9 Å². The van der Waals surface area contributed by atoms with Gasteiger partial charge in [0.2, 0.25) is 11.8 Å². The molecule has 0 saturated carbocycles. The summed E-state index contributed by atoms with van der Waals surface area (Å²) in [7, 11) is 0. The molecule has 1 aromatic carbocycles. The summed E-state index contributed by atoms with van der Waals surface area (Å²) >= 11 is 9.38. The Morgan fingerprint density at radius 2 is 2.28 bits per heavy atom. The highest BCUT2D eigenvalue weighted by molar-refractivity contribution is 9.10. The molecule has 0 aliphatic carbocycles. The van der Waals surface area contributed by atoms with E-state index in [1.165, 1.54) is 0 Å². The molecular weight excluding hydrogens is 320 g/mol. The first kappa shape index (κ1) is 13.4. The van der Waals surface area contributed by atoms with Crippen LogP contribution in [0.1, 0.15) is 18.4 Å². The minimum Gasteiger partial charge on any atom is -0.344 e. The fourth-order valence-electron chi connectivity index (χ4n) is 1.77. The zero-order chi connectivity index (χ0) is 13.3. The molecule has 1 fully saturated rings. The number of carbonyl (C=O) groups excluding carboxylic acids is 2. The first-order valence-corrected chi connectivity index (χ1v) is 6.70. The van der Waals surface area contributed by atoms with Crippen LogP contribution < -0.4 is 10.6 Å². The average molecular weight is 332 g/mol. The minimum atomic E-state index is -0.454. The maximum atomic E-state index is 11.9. The second-order valence-corrected chi connectivity index (χ2v) is 5.49. The van der Waals surface area contributed by atoms with E-state index in [9.17, 15) is 9.59 Å². The molecule has 1 aromatic rings. The van der Waals surface area contributed by atoms with Gasteiger partial charge in [-0.2, -0.15) is 0 Å². The molecule has 0 radical (unpaired) electrons. The van der Waals surface area contributed by atoms with Crippen LogP contribution in [0.4, 0.5) is 5.69 Å². The van der Waals surface area contributed by atoms with Crippen LogP contribution in [0.5, 0.6) is 0 Å². The molecule has 96 valence electrons. The highest BCUT2D eigenvalue weighted by Gasteiger charge is 2.27. The number of halogens is 2. The van der Waals surface area contributed by atoms with E-state index in [-0.39, 0.29) is 11.8 Å². The van der Waals surface area contributed by atoms with Gasteiger partial charge in [-0.25, -0.2) is 0 Å². The van der Waals surface area contributed by atoms with Gasteiger partial charge in [-0.3, -0.25) is 9.59 Å². The van der Waals surface area contributed by atoms with Gasteiger partial charge in [-0.15, -0.1) is 0 Å². The maximum absolute atomic E-state index is 11.9. The number of hydrogen-bond donors (Lipinski definition) is 2. The van der Waals surface area contributed by atoms with Crippen LogP contribution in [0.2, 0.25) is 5.02 Å². The molecule has 2 rings (SSSR count). The monoisotopic (exact) mass is 330 g/mol. The van der Waals surface area contributed by atoms with E-state index in [1.54, 1.807) is 6.07 Å². The first-order chi connectivity index (χ1) is 8.47. The standard InChI is InChI=1S/C12H12BrClN2O2/c1-6-4-7(13)10(5-8(6)14)16-12(18)9-2-3-11(17)15-9/h4-5,9H,2-3H2,1H3,(H,15,17)(H,16,18). The summed E-state index contributed by atoms with van der Waals surface area (Å²) in [6, 6.07) is 3.07. The lowest BCUT2D eigenvalue weighted by molar-refractivity contribution is -0.122. The van der Waals surface area contributed by atoms with Gasteiger partial charge in [-0.05, 0) is 47.0 Å². The molecule has 2 amide bonds. The Labute approximate surface area is 118 Å². The van der Waals surface area contributed by atoms with E-state index in [2.05, 4.69) is 26.6 Å². The van der Waals surface area contributed by atoms with Crippen LogP contribution in [-0.2, 0) is 9.59 Å². The summed E-state index contributed by atoms with van der Waals surface area (Å²) in [6.45, 7) is 1.88. The van der Waals surface area contributed by atoms with Gasteiger partial charge in [0.1, 0.15) is 6.04 Å². The Morgan fingerprint density at radius 1 is 1.56 bits per heavy atom. The van der Waals surface area contributed by atoms with E-state index < -0.39 is 6.04 Å². The average Bonchev–Trinajstić information content (AvgIpc) is 2.73. The van der Waals surface area contributed by atoms with Crippen molar-refractivity contribution in [1.82, 2.24) is 5.32 Å². The number of carbonyl (C=O) groups is 2. The first-order valence-electron chi connectivity index (χ1n) is 5.53.